The third-order valence-electron chi connectivity index (χ3n) is 5.05. The number of hydrogen-bond acceptors (Lipinski definition) is 3. The van der Waals surface area contributed by atoms with Gasteiger partial charge in [-0.05, 0) is 13.0 Å². The van der Waals surface area contributed by atoms with Crippen LogP contribution in [0.25, 0.3) is 11.1 Å². The number of ether oxygens (including phenoxy) is 1. The first-order valence-electron chi connectivity index (χ1n) is 8.56. The zero-order chi connectivity index (χ0) is 20.2. The minimum atomic E-state index is -1.05. The van der Waals surface area contributed by atoms with Crippen molar-refractivity contribution in [3.8, 4) is 16.9 Å². The number of methoxy groups -OCH3 is 1. The Kier molecular flexibility index (Phi) is 4.19. The SMILES string of the molecule is COc1cc(F)c(-c2c(C)nn(C)c2C2(c3ccc(F)cc3F)CN2)c(F)c1. The lowest BCUT2D eigenvalue weighted by atomic mass is 9.88. The maximum Gasteiger partial charge on any atom is 0.137 e. The highest BCUT2D eigenvalue weighted by atomic mass is 19.1. The molecule has 3 aromatic rings. The van der Waals surface area contributed by atoms with E-state index in [-0.39, 0.29) is 22.4 Å². The van der Waals surface area contributed by atoms with Gasteiger partial charge in [-0.2, -0.15) is 5.10 Å². The third-order valence-corrected chi connectivity index (χ3v) is 5.05. The van der Waals surface area contributed by atoms with Crippen molar-refractivity contribution in [3.05, 3.63) is 70.6 Å². The molecule has 2 aromatic carbocycles. The second-order valence-electron chi connectivity index (χ2n) is 6.78. The Balaban J connectivity index is 1.97. The predicted octanol–water partition coefficient (Wildman–Crippen LogP) is 3.81. The second kappa shape index (κ2) is 6.34. The summed E-state index contributed by atoms with van der Waals surface area (Å²) in [5.74, 6) is -3.03. The van der Waals surface area contributed by atoms with Crippen LogP contribution in [-0.4, -0.2) is 23.4 Å². The van der Waals surface area contributed by atoms with Gasteiger partial charge in [-0.3, -0.25) is 10.00 Å². The average Bonchev–Trinajstić information content (AvgIpc) is 3.35. The van der Waals surface area contributed by atoms with E-state index < -0.39 is 28.8 Å². The Morgan fingerprint density at radius 1 is 1.04 bits per heavy atom. The van der Waals surface area contributed by atoms with Crippen LogP contribution in [0.2, 0.25) is 0 Å². The fraction of sp³-hybridized carbons (Fsp3) is 0.250. The molecule has 1 aliphatic heterocycles. The van der Waals surface area contributed by atoms with Crippen molar-refractivity contribution < 1.29 is 22.3 Å². The Labute approximate surface area is 158 Å². The van der Waals surface area contributed by atoms with Crippen LogP contribution in [-0.2, 0) is 12.6 Å². The minimum Gasteiger partial charge on any atom is -0.497 e. The van der Waals surface area contributed by atoms with Gasteiger partial charge in [-0.15, -0.1) is 0 Å². The number of nitrogens with zero attached hydrogens (tertiary/aromatic N) is 2. The number of hydrogen-bond donors (Lipinski definition) is 1. The molecule has 0 amide bonds. The highest BCUT2D eigenvalue weighted by molar-refractivity contribution is 5.74. The van der Waals surface area contributed by atoms with Crippen molar-refractivity contribution in [2.45, 2.75) is 12.5 Å². The van der Waals surface area contributed by atoms with E-state index in [0.29, 0.717) is 17.9 Å². The Morgan fingerprint density at radius 3 is 2.21 bits per heavy atom. The molecule has 146 valence electrons. The first-order valence-corrected chi connectivity index (χ1v) is 8.56. The van der Waals surface area contributed by atoms with E-state index in [1.54, 1.807) is 14.0 Å². The molecule has 1 unspecified atom stereocenters. The van der Waals surface area contributed by atoms with E-state index in [4.69, 9.17) is 4.74 Å². The molecule has 1 atom stereocenters. The van der Waals surface area contributed by atoms with Crippen LogP contribution < -0.4 is 10.1 Å². The van der Waals surface area contributed by atoms with Crippen LogP contribution in [0, 0.1) is 30.2 Å². The average molecular weight is 391 g/mol. The molecule has 28 heavy (non-hydrogen) atoms. The smallest absolute Gasteiger partial charge is 0.137 e. The van der Waals surface area contributed by atoms with Crippen LogP contribution in [0.5, 0.6) is 5.75 Å². The fourth-order valence-electron chi connectivity index (χ4n) is 3.76. The largest absolute Gasteiger partial charge is 0.497 e. The molecule has 1 N–H and O–H groups in total. The fourth-order valence-corrected chi connectivity index (χ4v) is 3.76. The summed E-state index contributed by atoms with van der Waals surface area (Å²) in [7, 11) is 2.93. The Bertz CT molecular complexity index is 1070. The highest BCUT2D eigenvalue weighted by Gasteiger charge is 2.52. The number of aromatic nitrogens is 2. The van der Waals surface area contributed by atoms with Crippen molar-refractivity contribution in [3.63, 3.8) is 0 Å². The molecule has 1 aromatic heterocycles. The standard InChI is InChI=1S/C20H17F4N3O/c1-10-17(18-15(23)7-12(28-3)8-16(18)24)19(27(2)26-10)20(9-25-20)13-5-4-11(21)6-14(13)22/h4-8,25H,9H2,1-3H3. The summed E-state index contributed by atoms with van der Waals surface area (Å²) < 4.78 is 63.9. The molecular formula is C20H17F4N3O. The first-order chi connectivity index (χ1) is 13.3. The summed E-state index contributed by atoms with van der Waals surface area (Å²) in [5.41, 5.74) is -0.116. The van der Waals surface area contributed by atoms with Crippen LogP contribution in [0.3, 0.4) is 0 Å². The van der Waals surface area contributed by atoms with Crippen LogP contribution in [0.4, 0.5) is 17.6 Å². The van der Waals surface area contributed by atoms with E-state index in [9.17, 15) is 17.6 Å². The van der Waals surface area contributed by atoms with Crippen molar-refractivity contribution in [2.75, 3.05) is 13.7 Å². The van der Waals surface area contributed by atoms with Gasteiger partial charge in [0.05, 0.1) is 24.1 Å². The van der Waals surface area contributed by atoms with Gasteiger partial charge in [0.25, 0.3) is 0 Å². The number of aryl methyl sites for hydroxylation is 2. The Morgan fingerprint density at radius 2 is 1.68 bits per heavy atom. The lowest BCUT2D eigenvalue weighted by Crippen LogP contribution is -2.22. The van der Waals surface area contributed by atoms with Crippen LogP contribution >= 0.6 is 0 Å². The van der Waals surface area contributed by atoms with Gasteiger partial charge < -0.3 is 4.74 Å². The molecule has 4 rings (SSSR count). The van der Waals surface area contributed by atoms with Crippen LogP contribution in [0.15, 0.2) is 30.3 Å². The maximum atomic E-state index is 14.8. The van der Waals surface area contributed by atoms with E-state index in [2.05, 4.69) is 10.4 Å². The topological polar surface area (TPSA) is 49.0 Å². The quantitative estimate of drug-likeness (QED) is 0.544. The lowest BCUT2D eigenvalue weighted by molar-refractivity contribution is 0.407. The van der Waals surface area contributed by atoms with Gasteiger partial charge in [-0.1, -0.05) is 6.07 Å². The van der Waals surface area contributed by atoms with Gasteiger partial charge in [0.2, 0.25) is 0 Å². The molecule has 1 fully saturated rings. The molecule has 0 spiro atoms. The molecule has 0 saturated carbocycles. The van der Waals surface area contributed by atoms with Crippen LogP contribution in [0.1, 0.15) is 17.0 Å². The van der Waals surface area contributed by atoms with Crippen molar-refractivity contribution in [2.24, 2.45) is 7.05 Å². The summed E-state index contributed by atoms with van der Waals surface area (Å²) >= 11 is 0. The molecule has 0 bridgehead atoms. The molecule has 1 saturated heterocycles. The molecule has 1 aliphatic rings. The summed E-state index contributed by atoms with van der Waals surface area (Å²) in [6, 6.07) is 5.43. The third kappa shape index (κ3) is 2.67. The second-order valence-corrected chi connectivity index (χ2v) is 6.78. The van der Waals surface area contributed by atoms with E-state index >= 15 is 0 Å². The minimum absolute atomic E-state index is 0.0469. The molecule has 0 aliphatic carbocycles. The van der Waals surface area contributed by atoms with Gasteiger partial charge >= 0.3 is 0 Å². The number of benzene rings is 2. The highest BCUT2D eigenvalue weighted by Crippen LogP contribution is 2.46. The summed E-state index contributed by atoms with van der Waals surface area (Å²) in [6.07, 6.45) is 0. The lowest BCUT2D eigenvalue weighted by Gasteiger charge is -2.19. The molecule has 0 radical (unpaired) electrons. The van der Waals surface area contributed by atoms with Crippen molar-refractivity contribution >= 4 is 0 Å². The monoisotopic (exact) mass is 391 g/mol. The van der Waals surface area contributed by atoms with Crippen molar-refractivity contribution in [1.82, 2.24) is 15.1 Å². The van der Waals surface area contributed by atoms with E-state index in [1.807, 2.05) is 0 Å². The first kappa shape index (κ1) is 18.5. The normalized spacial score (nSPS) is 18.4. The number of nitrogens with one attached hydrogen (secondary N) is 1. The van der Waals surface area contributed by atoms with Gasteiger partial charge in [0.15, 0.2) is 0 Å². The summed E-state index contributed by atoms with van der Waals surface area (Å²) in [6.45, 7) is 1.94. The van der Waals surface area contributed by atoms with E-state index in [0.717, 1.165) is 24.3 Å². The number of halogens is 4. The summed E-state index contributed by atoms with van der Waals surface area (Å²) in [4.78, 5) is 0. The van der Waals surface area contributed by atoms with Crippen molar-refractivity contribution in [1.29, 1.82) is 0 Å². The van der Waals surface area contributed by atoms with Gasteiger partial charge in [-0.25, -0.2) is 17.6 Å². The predicted molar refractivity (Wildman–Crippen MR) is 95.0 cm³/mol. The Hall–Kier alpha value is -2.87. The van der Waals surface area contributed by atoms with Gasteiger partial charge in [0.1, 0.15) is 34.6 Å². The van der Waals surface area contributed by atoms with E-state index in [1.165, 1.54) is 17.9 Å². The molecular weight excluding hydrogens is 374 g/mol. The zero-order valence-electron chi connectivity index (χ0n) is 15.4. The molecule has 8 heteroatoms. The maximum absolute atomic E-state index is 14.8. The summed E-state index contributed by atoms with van der Waals surface area (Å²) in [5, 5.41) is 7.38. The molecule has 4 nitrogen and oxygen atoms in total. The van der Waals surface area contributed by atoms with Gasteiger partial charge in [0, 0.05) is 42.9 Å². The zero-order valence-corrected chi connectivity index (χ0v) is 15.4. The molecule has 2 heterocycles. The number of rotatable bonds is 4.